The predicted octanol–water partition coefficient (Wildman–Crippen LogP) is 2.90. The van der Waals surface area contributed by atoms with Crippen molar-refractivity contribution < 1.29 is 0 Å². The summed E-state index contributed by atoms with van der Waals surface area (Å²) in [5, 5.41) is 8.96. The highest BCUT2D eigenvalue weighted by Gasteiger charge is 2.26. The summed E-state index contributed by atoms with van der Waals surface area (Å²) >= 11 is 3.34. The van der Waals surface area contributed by atoms with Crippen molar-refractivity contribution in [1.82, 2.24) is 8.69 Å². The monoisotopic (exact) mass is 251 g/mol. The van der Waals surface area contributed by atoms with Crippen LogP contribution in [0.5, 0.6) is 0 Å². The van der Waals surface area contributed by atoms with E-state index in [9.17, 15) is 0 Å². The van der Waals surface area contributed by atoms with Crippen molar-refractivity contribution in [2.24, 2.45) is 0 Å². The number of aryl methyl sites for hydroxylation is 1. The van der Waals surface area contributed by atoms with Crippen molar-refractivity contribution in [3.63, 3.8) is 0 Å². The molecule has 0 N–H and O–H groups in total. The maximum atomic E-state index is 8.96. The topological polar surface area (TPSA) is 39.9 Å². The zero-order chi connectivity index (χ0) is 11.4. The second-order valence-electron chi connectivity index (χ2n) is 3.48. The van der Waals surface area contributed by atoms with Gasteiger partial charge >= 0.3 is 0 Å². The van der Waals surface area contributed by atoms with Crippen molar-refractivity contribution in [2.75, 3.05) is 5.75 Å². The van der Waals surface area contributed by atoms with E-state index in [0.29, 0.717) is 0 Å². The normalized spacial score (nSPS) is 20.9. The molecule has 1 atom stereocenters. The predicted molar refractivity (Wildman–Crippen MR) is 67.8 cm³/mol. The Kier molecular flexibility index (Phi) is 4.10. The van der Waals surface area contributed by atoms with Crippen LogP contribution in [0.1, 0.15) is 19.0 Å². The third kappa shape index (κ3) is 2.70. The minimum absolute atomic E-state index is 0.0286. The number of pyridine rings is 1. The molecule has 1 fully saturated rings. The molecule has 0 spiro atoms. The van der Waals surface area contributed by atoms with Crippen LogP contribution >= 0.6 is 23.9 Å². The van der Waals surface area contributed by atoms with Gasteiger partial charge in [-0.3, -0.25) is 4.98 Å². The Morgan fingerprint density at radius 2 is 2.56 bits per heavy atom. The molecule has 0 aromatic carbocycles. The number of aromatic nitrogens is 1. The third-order valence-corrected chi connectivity index (χ3v) is 4.72. The Morgan fingerprint density at radius 1 is 1.69 bits per heavy atom. The molecule has 2 heterocycles. The Labute approximate surface area is 105 Å². The molecule has 3 nitrogen and oxygen atoms in total. The molecule has 16 heavy (non-hydrogen) atoms. The zero-order valence-corrected chi connectivity index (χ0v) is 10.7. The van der Waals surface area contributed by atoms with E-state index in [1.54, 1.807) is 23.9 Å². The maximum absolute atomic E-state index is 8.96. The van der Waals surface area contributed by atoms with Gasteiger partial charge in [0, 0.05) is 22.5 Å². The minimum Gasteiger partial charge on any atom is -0.260 e. The van der Waals surface area contributed by atoms with Crippen molar-refractivity contribution in [3.8, 4) is 6.07 Å². The summed E-state index contributed by atoms with van der Waals surface area (Å²) in [5.74, 6) is 1.03. The van der Waals surface area contributed by atoms with Crippen LogP contribution in [0.2, 0.25) is 0 Å². The van der Waals surface area contributed by atoms with Gasteiger partial charge in [-0.15, -0.1) is 0 Å². The molecule has 0 aliphatic carbocycles. The lowest BCUT2D eigenvalue weighted by molar-refractivity contribution is 0.640. The Bertz CT molecular complexity index is 385. The second-order valence-corrected chi connectivity index (χ2v) is 5.82. The van der Waals surface area contributed by atoms with Gasteiger partial charge in [-0.1, -0.05) is 18.9 Å². The van der Waals surface area contributed by atoms with Crippen LogP contribution in [0.4, 0.5) is 0 Å². The van der Waals surface area contributed by atoms with Crippen molar-refractivity contribution >= 4 is 23.9 Å². The molecule has 84 valence electrons. The average molecular weight is 251 g/mol. The largest absolute Gasteiger partial charge is 0.260 e. The van der Waals surface area contributed by atoms with E-state index in [-0.39, 0.29) is 6.04 Å². The Balaban J connectivity index is 2.01. The summed E-state index contributed by atoms with van der Waals surface area (Å²) in [6, 6.07) is 6.47. The average Bonchev–Trinajstić information content (AvgIpc) is 2.77. The van der Waals surface area contributed by atoms with Crippen LogP contribution in [-0.2, 0) is 6.42 Å². The highest BCUT2D eigenvalue weighted by atomic mass is 32.2. The molecule has 1 aliphatic rings. The molecule has 1 unspecified atom stereocenters. The first kappa shape index (κ1) is 11.8. The summed E-state index contributed by atoms with van der Waals surface area (Å²) in [5.41, 5.74) is 1.11. The van der Waals surface area contributed by atoms with Crippen LogP contribution in [0.15, 0.2) is 23.2 Å². The number of nitriles is 1. The number of hydrogen-bond acceptors (Lipinski definition) is 5. The van der Waals surface area contributed by atoms with Crippen LogP contribution in [0.3, 0.4) is 0 Å². The highest BCUT2D eigenvalue weighted by molar-refractivity contribution is 8.12. The van der Waals surface area contributed by atoms with Gasteiger partial charge in [-0.05, 0) is 36.9 Å². The summed E-state index contributed by atoms with van der Waals surface area (Å²) < 4.78 is 2.07. The number of hydrogen-bond donors (Lipinski definition) is 0. The standard InChI is InChI=1S/C11H13N3S2/c1-2-9-3-4-11(8-13-9)16-14-10(7-12)5-6-15-14/h3-4,8,10H,2,5-6H2,1H3. The third-order valence-electron chi connectivity index (χ3n) is 2.37. The van der Waals surface area contributed by atoms with E-state index >= 15 is 0 Å². The molecule has 5 heteroatoms. The molecule has 1 aromatic rings. The first-order valence-electron chi connectivity index (χ1n) is 5.28. The molecule has 0 bridgehead atoms. The van der Waals surface area contributed by atoms with Crippen LogP contribution in [0, 0.1) is 11.3 Å². The zero-order valence-electron chi connectivity index (χ0n) is 9.09. The fraction of sp³-hybridized carbons (Fsp3) is 0.455. The van der Waals surface area contributed by atoms with Crippen LogP contribution < -0.4 is 0 Å². The van der Waals surface area contributed by atoms with Crippen LogP contribution in [-0.4, -0.2) is 20.5 Å². The summed E-state index contributed by atoms with van der Waals surface area (Å²) in [4.78, 5) is 5.45. The van der Waals surface area contributed by atoms with Gasteiger partial charge in [0.05, 0.1) is 6.07 Å². The van der Waals surface area contributed by atoms with Gasteiger partial charge in [-0.2, -0.15) is 8.97 Å². The van der Waals surface area contributed by atoms with Gasteiger partial charge < -0.3 is 0 Å². The second kappa shape index (κ2) is 5.58. The van der Waals surface area contributed by atoms with Gasteiger partial charge in [0.2, 0.25) is 0 Å². The lowest BCUT2D eigenvalue weighted by Crippen LogP contribution is -2.14. The van der Waals surface area contributed by atoms with E-state index in [1.165, 1.54) is 0 Å². The molecule has 2 rings (SSSR count). The van der Waals surface area contributed by atoms with E-state index in [0.717, 1.165) is 29.2 Å². The molecule has 0 amide bonds. The summed E-state index contributed by atoms with van der Waals surface area (Å²) in [7, 11) is 0. The smallest absolute Gasteiger partial charge is 0.119 e. The Hall–Kier alpha value is -0.700. The molecule has 1 aliphatic heterocycles. The van der Waals surface area contributed by atoms with Crippen molar-refractivity contribution in [2.45, 2.75) is 30.7 Å². The molecular formula is C11H13N3S2. The first-order valence-corrected chi connectivity index (χ1v) is 6.99. The van der Waals surface area contributed by atoms with Gasteiger partial charge in [0.1, 0.15) is 6.04 Å². The van der Waals surface area contributed by atoms with E-state index in [4.69, 9.17) is 5.26 Å². The lowest BCUT2D eigenvalue weighted by Gasteiger charge is -2.15. The Morgan fingerprint density at radius 3 is 3.19 bits per heavy atom. The lowest BCUT2D eigenvalue weighted by atomic mass is 10.3. The van der Waals surface area contributed by atoms with Crippen molar-refractivity contribution in [3.05, 3.63) is 24.0 Å². The van der Waals surface area contributed by atoms with Crippen molar-refractivity contribution in [1.29, 1.82) is 5.26 Å². The molecular weight excluding hydrogens is 238 g/mol. The summed E-state index contributed by atoms with van der Waals surface area (Å²) in [6.45, 7) is 2.09. The number of rotatable bonds is 3. The van der Waals surface area contributed by atoms with Gasteiger partial charge in [0.15, 0.2) is 0 Å². The van der Waals surface area contributed by atoms with E-state index in [2.05, 4.69) is 27.8 Å². The fourth-order valence-electron chi connectivity index (χ4n) is 1.43. The van der Waals surface area contributed by atoms with Gasteiger partial charge in [0.25, 0.3) is 0 Å². The fourth-order valence-corrected chi connectivity index (χ4v) is 3.68. The number of nitrogens with zero attached hydrogens (tertiary/aromatic N) is 3. The van der Waals surface area contributed by atoms with E-state index in [1.807, 2.05) is 12.3 Å². The quantitative estimate of drug-likeness (QED) is 0.772. The first-order chi connectivity index (χ1) is 7.83. The summed E-state index contributed by atoms with van der Waals surface area (Å²) in [6.07, 6.45) is 3.80. The van der Waals surface area contributed by atoms with E-state index < -0.39 is 0 Å². The van der Waals surface area contributed by atoms with Crippen LogP contribution in [0.25, 0.3) is 0 Å². The molecule has 1 aromatic heterocycles. The maximum Gasteiger partial charge on any atom is 0.119 e. The minimum atomic E-state index is 0.0286. The molecule has 0 radical (unpaired) electrons. The molecule has 0 saturated carbocycles. The SMILES string of the molecule is CCc1ccc(SN2SCCC2C#N)cn1. The highest BCUT2D eigenvalue weighted by Crippen LogP contribution is 2.37. The molecule has 1 saturated heterocycles. The van der Waals surface area contributed by atoms with Gasteiger partial charge in [-0.25, -0.2) is 0 Å².